The van der Waals surface area contributed by atoms with Crippen molar-refractivity contribution in [1.29, 1.82) is 0 Å². The SMILES string of the molecule is Cc1cc(N(C)C)ccc1NC(C)c1cc(O)ccc1O. The summed E-state index contributed by atoms with van der Waals surface area (Å²) in [4.78, 5) is 2.06. The normalized spacial score (nSPS) is 12.0. The first kappa shape index (κ1) is 15.0. The molecule has 0 amide bonds. The van der Waals surface area contributed by atoms with Crippen molar-refractivity contribution in [1.82, 2.24) is 0 Å². The molecule has 0 heterocycles. The maximum atomic E-state index is 9.91. The van der Waals surface area contributed by atoms with Gasteiger partial charge >= 0.3 is 0 Å². The van der Waals surface area contributed by atoms with Gasteiger partial charge in [0.1, 0.15) is 11.5 Å². The van der Waals surface area contributed by atoms with Gasteiger partial charge in [0, 0.05) is 31.0 Å². The molecule has 4 heteroatoms. The van der Waals surface area contributed by atoms with Crippen molar-refractivity contribution >= 4 is 11.4 Å². The lowest BCUT2D eigenvalue weighted by atomic mass is 10.1. The fourth-order valence-electron chi connectivity index (χ4n) is 2.29. The molecule has 0 saturated heterocycles. The van der Waals surface area contributed by atoms with Crippen LogP contribution in [0.15, 0.2) is 36.4 Å². The van der Waals surface area contributed by atoms with Crippen molar-refractivity contribution < 1.29 is 10.2 Å². The van der Waals surface area contributed by atoms with Crippen LogP contribution in [0.3, 0.4) is 0 Å². The molecule has 0 spiro atoms. The van der Waals surface area contributed by atoms with Crippen LogP contribution in [0, 0.1) is 6.92 Å². The van der Waals surface area contributed by atoms with Crippen molar-refractivity contribution in [3.05, 3.63) is 47.5 Å². The van der Waals surface area contributed by atoms with E-state index in [-0.39, 0.29) is 17.5 Å². The first-order valence-corrected chi connectivity index (χ1v) is 6.95. The lowest BCUT2D eigenvalue weighted by molar-refractivity contribution is 0.451. The molecule has 0 aliphatic heterocycles. The number of phenols is 2. The fourth-order valence-corrected chi connectivity index (χ4v) is 2.29. The van der Waals surface area contributed by atoms with Gasteiger partial charge in [0.25, 0.3) is 0 Å². The van der Waals surface area contributed by atoms with Gasteiger partial charge in [-0.1, -0.05) is 0 Å². The Morgan fingerprint density at radius 1 is 1.05 bits per heavy atom. The molecule has 0 saturated carbocycles. The highest BCUT2D eigenvalue weighted by Crippen LogP contribution is 2.31. The molecule has 0 bridgehead atoms. The summed E-state index contributed by atoms with van der Waals surface area (Å²) in [6.07, 6.45) is 0. The summed E-state index contributed by atoms with van der Waals surface area (Å²) in [6.45, 7) is 4.00. The molecule has 1 unspecified atom stereocenters. The summed E-state index contributed by atoms with van der Waals surface area (Å²) in [5.41, 5.74) is 3.96. The quantitative estimate of drug-likeness (QED) is 0.751. The van der Waals surface area contributed by atoms with Crippen LogP contribution in [-0.4, -0.2) is 24.3 Å². The highest BCUT2D eigenvalue weighted by Gasteiger charge is 2.12. The zero-order valence-electron chi connectivity index (χ0n) is 12.9. The molecule has 112 valence electrons. The largest absolute Gasteiger partial charge is 0.508 e. The predicted octanol–water partition coefficient (Wildman–Crippen LogP) is 3.65. The highest BCUT2D eigenvalue weighted by atomic mass is 16.3. The molecular formula is C17H22N2O2. The van der Waals surface area contributed by atoms with E-state index < -0.39 is 0 Å². The van der Waals surface area contributed by atoms with Crippen molar-refractivity contribution in [3.8, 4) is 11.5 Å². The van der Waals surface area contributed by atoms with Gasteiger partial charge < -0.3 is 20.4 Å². The Hall–Kier alpha value is -2.36. The van der Waals surface area contributed by atoms with Gasteiger partial charge in [-0.15, -0.1) is 0 Å². The summed E-state index contributed by atoms with van der Waals surface area (Å²) >= 11 is 0. The van der Waals surface area contributed by atoms with Gasteiger partial charge in [-0.05, 0) is 55.8 Å². The van der Waals surface area contributed by atoms with Crippen molar-refractivity contribution in [2.45, 2.75) is 19.9 Å². The Balaban J connectivity index is 2.23. The summed E-state index contributed by atoms with van der Waals surface area (Å²) < 4.78 is 0. The minimum atomic E-state index is -0.110. The van der Waals surface area contributed by atoms with E-state index in [2.05, 4.69) is 16.3 Å². The van der Waals surface area contributed by atoms with Gasteiger partial charge in [-0.3, -0.25) is 0 Å². The first-order chi connectivity index (χ1) is 9.88. The van der Waals surface area contributed by atoms with Gasteiger partial charge in [-0.2, -0.15) is 0 Å². The van der Waals surface area contributed by atoms with Crippen LogP contribution >= 0.6 is 0 Å². The number of nitrogens with zero attached hydrogens (tertiary/aromatic N) is 1. The Morgan fingerprint density at radius 3 is 2.38 bits per heavy atom. The maximum absolute atomic E-state index is 9.91. The number of hydrogen-bond acceptors (Lipinski definition) is 4. The zero-order chi connectivity index (χ0) is 15.6. The first-order valence-electron chi connectivity index (χ1n) is 6.95. The minimum absolute atomic E-state index is 0.110. The molecular weight excluding hydrogens is 264 g/mol. The van der Waals surface area contributed by atoms with E-state index in [1.165, 1.54) is 12.1 Å². The number of aromatic hydroxyl groups is 2. The molecule has 0 fully saturated rings. The summed E-state index contributed by atoms with van der Waals surface area (Å²) in [5.74, 6) is 0.325. The third-order valence-electron chi connectivity index (χ3n) is 3.58. The molecule has 0 aromatic heterocycles. The molecule has 0 aliphatic carbocycles. The van der Waals surface area contributed by atoms with Gasteiger partial charge in [-0.25, -0.2) is 0 Å². The Morgan fingerprint density at radius 2 is 1.76 bits per heavy atom. The van der Waals surface area contributed by atoms with Crippen LogP contribution in [0.1, 0.15) is 24.1 Å². The average Bonchev–Trinajstić information content (AvgIpc) is 2.43. The maximum Gasteiger partial charge on any atom is 0.121 e. The molecule has 21 heavy (non-hydrogen) atoms. The van der Waals surface area contributed by atoms with E-state index in [9.17, 15) is 10.2 Å². The predicted molar refractivity (Wildman–Crippen MR) is 87.3 cm³/mol. The van der Waals surface area contributed by atoms with Crippen molar-refractivity contribution in [3.63, 3.8) is 0 Å². The fraction of sp³-hybridized carbons (Fsp3) is 0.294. The van der Waals surface area contributed by atoms with Gasteiger partial charge in [0.05, 0.1) is 6.04 Å². The number of hydrogen-bond donors (Lipinski definition) is 3. The average molecular weight is 286 g/mol. The Labute approximate surface area is 125 Å². The van der Waals surface area contributed by atoms with Crippen LogP contribution in [0.25, 0.3) is 0 Å². The lowest BCUT2D eigenvalue weighted by Gasteiger charge is -2.20. The smallest absolute Gasteiger partial charge is 0.121 e. The standard InChI is InChI=1S/C17H22N2O2/c1-11-9-13(19(3)4)5-7-16(11)18-12(2)15-10-14(20)6-8-17(15)21/h5-10,12,18,20-21H,1-4H3. The second-order valence-electron chi connectivity index (χ2n) is 5.50. The van der Waals surface area contributed by atoms with E-state index in [0.717, 1.165) is 16.9 Å². The number of phenolic OH excluding ortho intramolecular Hbond substituents is 2. The van der Waals surface area contributed by atoms with Gasteiger partial charge in [0.15, 0.2) is 0 Å². The van der Waals surface area contributed by atoms with Crippen LogP contribution < -0.4 is 10.2 Å². The molecule has 2 rings (SSSR count). The summed E-state index contributed by atoms with van der Waals surface area (Å²) in [7, 11) is 4.02. The zero-order valence-corrected chi connectivity index (χ0v) is 12.9. The Kier molecular flexibility index (Phi) is 4.26. The second-order valence-corrected chi connectivity index (χ2v) is 5.50. The van der Waals surface area contributed by atoms with E-state index >= 15 is 0 Å². The molecule has 2 aromatic carbocycles. The minimum Gasteiger partial charge on any atom is -0.508 e. The number of rotatable bonds is 4. The third-order valence-corrected chi connectivity index (χ3v) is 3.58. The number of nitrogens with one attached hydrogen (secondary N) is 1. The number of anilines is 2. The van der Waals surface area contributed by atoms with E-state index in [1.807, 2.05) is 40.1 Å². The topological polar surface area (TPSA) is 55.7 Å². The number of benzene rings is 2. The monoisotopic (exact) mass is 286 g/mol. The second kappa shape index (κ2) is 5.95. The number of aryl methyl sites for hydroxylation is 1. The molecule has 0 aliphatic rings. The highest BCUT2D eigenvalue weighted by molar-refractivity contribution is 5.61. The van der Waals surface area contributed by atoms with Crippen LogP contribution in [0.4, 0.5) is 11.4 Å². The molecule has 0 radical (unpaired) electrons. The molecule has 1 atom stereocenters. The van der Waals surface area contributed by atoms with E-state index in [4.69, 9.17) is 0 Å². The summed E-state index contributed by atoms with van der Waals surface area (Å²) in [6, 6.07) is 10.6. The van der Waals surface area contributed by atoms with Crippen molar-refractivity contribution in [2.75, 3.05) is 24.3 Å². The third kappa shape index (κ3) is 3.40. The van der Waals surface area contributed by atoms with Gasteiger partial charge in [0.2, 0.25) is 0 Å². The van der Waals surface area contributed by atoms with Crippen LogP contribution in [-0.2, 0) is 0 Å². The Bertz CT molecular complexity index is 639. The van der Waals surface area contributed by atoms with Crippen LogP contribution in [0.5, 0.6) is 11.5 Å². The summed E-state index contributed by atoms with van der Waals surface area (Å²) in [5, 5.41) is 22.8. The van der Waals surface area contributed by atoms with Crippen LogP contribution in [0.2, 0.25) is 0 Å². The molecule has 4 nitrogen and oxygen atoms in total. The van der Waals surface area contributed by atoms with E-state index in [1.54, 1.807) is 6.07 Å². The molecule has 2 aromatic rings. The lowest BCUT2D eigenvalue weighted by Crippen LogP contribution is -2.11. The van der Waals surface area contributed by atoms with E-state index in [0.29, 0.717) is 5.56 Å². The molecule has 3 N–H and O–H groups in total. The van der Waals surface area contributed by atoms with Crippen molar-refractivity contribution in [2.24, 2.45) is 0 Å².